The summed E-state index contributed by atoms with van der Waals surface area (Å²) in [5, 5.41) is 2.93. The average Bonchev–Trinajstić information content (AvgIpc) is 2.39. The van der Waals surface area contributed by atoms with Crippen molar-refractivity contribution < 1.29 is 17.9 Å². The minimum Gasteiger partial charge on any atom is -0.435 e. The standard InChI is InChI=1S/C14H12F3NO/c15-12-3-1-2-4-13(12)18-9-10-5-7-11(8-6-10)19-14(16)17/h1-8,14,18H,9H2. The normalized spacial score (nSPS) is 10.5. The van der Waals surface area contributed by atoms with Gasteiger partial charge in [-0.15, -0.1) is 0 Å². The minimum absolute atomic E-state index is 0.102. The fourth-order valence-electron chi connectivity index (χ4n) is 1.59. The third kappa shape index (κ3) is 3.91. The Morgan fingerprint density at radius 2 is 1.68 bits per heavy atom. The number of benzene rings is 2. The van der Waals surface area contributed by atoms with Crippen molar-refractivity contribution in [2.45, 2.75) is 13.2 Å². The molecule has 0 amide bonds. The number of para-hydroxylation sites is 1. The fraction of sp³-hybridized carbons (Fsp3) is 0.143. The number of hydrogen-bond donors (Lipinski definition) is 1. The van der Waals surface area contributed by atoms with Crippen LogP contribution >= 0.6 is 0 Å². The van der Waals surface area contributed by atoms with Gasteiger partial charge in [-0.2, -0.15) is 8.78 Å². The maximum absolute atomic E-state index is 13.3. The summed E-state index contributed by atoms with van der Waals surface area (Å²) in [5.41, 5.74) is 1.24. The highest BCUT2D eigenvalue weighted by Gasteiger charge is 2.04. The monoisotopic (exact) mass is 267 g/mol. The maximum atomic E-state index is 13.3. The van der Waals surface area contributed by atoms with Crippen molar-refractivity contribution >= 4 is 5.69 Å². The zero-order valence-electron chi connectivity index (χ0n) is 9.95. The van der Waals surface area contributed by atoms with E-state index < -0.39 is 6.61 Å². The number of alkyl halides is 2. The van der Waals surface area contributed by atoms with E-state index in [0.717, 1.165) is 5.56 Å². The van der Waals surface area contributed by atoms with Crippen LogP contribution in [0.1, 0.15) is 5.56 Å². The van der Waals surface area contributed by atoms with Crippen LogP contribution in [0.3, 0.4) is 0 Å². The van der Waals surface area contributed by atoms with Gasteiger partial charge in [0.1, 0.15) is 11.6 Å². The van der Waals surface area contributed by atoms with E-state index in [9.17, 15) is 13.2 Å². The molecule has 0 spiro atoms. The van der Waals surface area contributed by atoms with Crippen molar-refractivity contribution in [3.8, 4) is 5.75 Å². The van der Waals surface area contributed by atoms with Crippen LogP contribution in [0.5, 0.6) is 5.75 Å². The smallest absolute Gasteiger partial charge is 0.387 e. The molecule has 0 bridgehead atoms. The lowest BCUT2D eigenvalue weighted by Gasteiger charge is -2.08. The lowest BCUT2D eigenvalue weighted by molar-refractivity contribution is -0.0498. The van der Waals surface area contributed by atoms with Gasteiger partial charge >= 0.3 is 6.61 Å². The summed E-state index contributed by atoms with van der Waals surface area (Å²) in [6.07, 6.45) is 0. The maximum Gasteiger partial charge on any atom is 0.387 e. The van der Waals surface area contributed by atoms with Crippen molar-refractivity contribution in [2.75, 3.05) is 5.32 Å². The predicted molar refractivity (Wildman–Crippen MR) is 66.8 cm³/mol. The molecule has 2 aromatic carbocycles. The number of nitrogens with one attached hydrogen (secondary N) is 1. The predicted octanol–water partition coefficient (Wildman–Crippen LogP) is 4.04. The number of rotatable bonds is 5. The van der Waals surface area contributed by atoms with E-state index in [0.29, 0.717) is 12.2 Å². The van der Waals surface area contributed by atoms with Crippen LogP contribution < -0.4 is 10.1 Å². The van der Waals surface area contributed by atoms with E-state index in [1.165, 1.54) is 18.2 Å². The molecule has 19 heavy (non-hydrogen) atoms. The Bertz CT molecular complexity index is 528. The number of halogens is 3. The molecule has 0 atom stereocenters. The Kier molecular flexibility index (Phi) is 4.28. The molecule has 0 aliphatic carbocycles. The van der Waals surface area contributed by atoms with Gasteiger partial charge in [-0.1, -0.05) is 24.3 Å². The third-order valence-electron chi connectivity index (χ3n) is 2.51. The second-order valence-electron chi connectivity index (χ2n) is 3.86. The van der Waals surface area contributed by atoms with Gasteiger partial charge < -0.3 is 10.1 Å². The Morgan fingerprint density at radius 1 is 1.00 bits per heavy atom. The molecule has 0 aliphatic rings. The first kappa shape index (κ1) is 13.3. The summed E-state index contributed by atoms with van der Waals surface area (Å²) < 4.78 is 41.5. The van der Waals surface area contributed by atoms with Gasteiger partial charge in [0, 0.05) is 6.54 Å². The van der Waals surface area contributed by atoms with Crippen molar-refractivity contribution in [3.05, 3.63) is 59.9 Å². The largest absolute Gasteiger partial charge is 0.435 e. The van der Waals surface area contributed by atoms with Gasteiger partial charge in [0.2, 0.25) is 0 Å². The highest BCUT2D eigenvalue weighted by atomic mass is 19.3. The van der Waals surface area contributed by atoms with Crippen LogP contribution in [-0.4, -0.2) is 6.61 Å². The van der Waals surface area contributed by atoms with Crippen LogP contribution in [0.15, 0.2) is 48.5 Å². The molecule has 5 heteroatoms. The molecule has 0 aromatic heterocycles. The van der Waals surface area contributed by atoms with E-state index >= 15 is 0 Å². The van der Waals surface area contributed by atoms with Crippen molar-refractivity contribution in [2.24, 2.45) is 0 Å². The van der Waals surface area contributed by atoms with Gasteiger partial charge in [0.25, 0.3) is 0 Å². The van der Waals surface area contributed by atoms with Crippen LogP contribution in [0.25, 0.3) is 0 Å². The summed E-state index contributed by atoms with van der Waals surface area (Å²) in [6.45, 7) is -2.43. The van der Waals surface area contributed by atoms with Crippen LogP contribution in [0.4, 0.5) is 18.9 Å². The fourth-order valence-corrected chi connectivity index (χ4v) is 1.59. The number of hydrogen-bond acceptors (Lipinski definition) is 2. The molecule has 0 saturated carbocycles. The zero-order chi connectivity index (χ0) is 13.7. The van der Waals surface area contributed by atoms with E-state index in [2.05, 4.69) is 10.1 Å². The molecule has 1 N–H and O–H groups in total. The molecule has 0 radical (unpaired) electrons. The van der Waals surface area contributed by atoms with Crippen LogP contribution in [0.2, 0.25) is 0 Å². The molecule has 2 nitrogen and oxygen atoms in total. The molecular weight excluding hydrogens is 255 g/mol. The SMILES string of the molecule is Fc1ccccc1NCc1ccc(OC(F)F)cc1. The number of anilines is 1. The molecule has 0 aliphatic heterocycles. The third-order valence-corrected chi connectivity index (χ3v) is 2.51. The first-order valence-electron chi connectivity index (χ1n) is 5.67. The van der Waals surface area contributed by atoms with Gasteiger partial charge in [0.15, 0.2) is 0 Å². The Labute approximate surface area is 108 Å². The minimum atomic E-state index is -2.83. The summed E-state index contributed by atoms with van der Waals surface area (Å²) in [4.78, 5) is 0. The van der Waals surface area contributed by atoms with Crippen LogP contribution in [0, 0.1) is 5.82 Å². The summed E-state index contributed by atoms with van der Waals surface area (Å²) >= 11 is 0. The first-order chi connectivity index (χ1) is 9.15. The van der Waals surface area contributed by atoms with Crippen molar-refractivity contribution in [1.29, 1.82) is 0 Å². The van der Waals surface area contributed by atoms with Crippen molar-refractivity contribution in [3.63, 3.8) is 0 Å². The summed E-state index contributed by atoms with van der Waals surface area (Å²) in [7, 11) is 0. The van der Waals surface area contributed by atoms with E-state index in [1.807, 2.05) is 0 Å². The molecule has 2 rings (SSSR count). The molecule has 100 valence electrons. The number of ether oxygens (including phenoxy) is 1. The molecule has 0 heterocycles. The summed E-state index contributed by atoms with van der Waals surface area (Å²) in [6, 6.07) is 12.5. The molecule has 0 unspecified atom stereocenters. The Balaban J connectivity index is 1.95. The van der Waals surface area contributed by atoms with Crippen molar-refractivity contribution in [1.82, 2.24) is 0 Å². The lowest BCUT2D eigenvalue weighted by Crippen LogP contribution is -2.03. The van der Waals surface area contributed by atoms with Gasteiger partial charge in [-0.3, -0.25) is 0 Å². The highest BCUT2D eigenvalue weighted by Crippen LogP contribution is 2.17. The average molecular weight is 267 g/mol. The molecular formula is C14H12F3NO. The molecule has 2 aromatic rings. The zero-order valence-corrected chi connectivity index (χ0v) is 9.95. The van der Waals surface area contributed by atoms with Gasteiger partial charge in [-0.25, -0.2) is 4.39 Å². The topological polar surface area (TPSA) is 21.3 Å². The highest BCUT2D eigenvalue weighted by molar-refractivity contribution is 5.45. The summed E-state index contributed by atoms with van der Waals surface area (Å²) in [5.74, 6) is -0.232. The van der Waals surface area contributed by atoms with Gasteiger partial charge in [0.05, 0.1) is 5.69 Å². The van der Waals surface area contributed by atoms with E-state index in [4.69, 9.17) is 0 Å². The van der Waals surface area contributed by atoms with Crippen LogP contribution in [-0.2, 0) is 6.54 Å². The lowest BCUT2D eigenvalue weighted by atomic mass is 10.2. The molecule has 0 fully saturated rings. The van der Waals surface area contributed by atoms with E-state index in [-0.39, 0.29) is 11.6 Å². The molecule has 0 saturated heterocycles. The quantitative estimate of drug-likeness (QED) is 0.882. The second kappa shape index (κ2) is 6.13. The Hall–Kier alpha value is -2.17. The second-order valence-corrected chi connectivity index (χ2v) is 3.86. The van der Waals surface area contributed by atoms with E-state index in [1.54, 1.807) is 30.3 Å². The Morgan fingerprint density at radius 3 is 2.32 bits per heavy atom. The first-order valence-corrected chi connectivity index (χ1v) is 5.67. The van der Waals surface area contributed by atoms with Gasteiger partial charge in [-0.05, 0) is 29.8 Å².